The maximum absolute atomic E-state index is 12.7. The Kier molecular flexibility index (Phi) is 4.79. The summed E-state index contributed by atoms with van der Waals surface area (Å²) in [5, 5.41) is 0. The van der Waals surface area contributed by atoms with Crippen molar-refractivity contribution in [2.45, 2.75) is 51.2 Å². The fourth-order valence-corrected chi connectivity index (χ4v) is 3.68. The Balaban J connectivity index is 1.68. The molecule has 1 unspecified atom stereocenters. The van der Waals surface area contributed by atoms with Crippen molar-refractivity contribution in [3.8, 4) is 0 Å². The van der Waals surface area contributed by atoms with Gasteiger partial charge in [-0.3, -0.25) is 4.79 Å². The van der Waals surface area contributed by atoms with Gasteiger partial charge in [-0.25, -0.2) is 0 Å². The average molecular weight is 302 g/mol. The molecule has 1 atom stereocenters. The van der Waals surface area contributed by atoms with E-state index in [0.717, 1.165) is 31.5 Å². The summed E-state index contributed by atoms with van der Waals surface area (Å²) in [7, 11) is 1.66. The zero-order chi connectivity index (χ0) is 15.5. The molecule has 0 aromatic heterocycles. The summed E-state index contributed by atoms with van der Waals surface area (Å²) in [6.07, 6.45) is 5.82. The number of fused-ring (bicyclic) bond motifs is 1. The summed E-state index contributed by atoms with van der Waals surface area (Å²) in [6.45, 7) is 2.01. The van der Waals surface area contributed by atoms with E-state index in [1.807, 2.05) is 4.90 Å². The molecule has 4 nitrogen and oxygen atoms in total. The molecule has 3 rings (SSSR count). The molecule has 1 fully saturated rings. The third-order valence-electron chi connectivity index (χ3n) is 4.99. The highest BCUT2D eigenvalue weighted by atomic mass is 16.5. The third kappa shape index (κ3) is 3.18. The number of nitrogens with zero attached hydrogens (tertiary/aromatic N) is 1. The summed E-state index contributed by atoms with van der Waals surface area (Å²) >= 11 is 0. The highest BCUT2D eigenvalue weighted by Gasteiger charge is 2.30. The van der Waals surface area contributed by atoms with Crippen LogP contribution in [0.4, 0.5) is 0 Å². The van der Waals surface area contributed by atoms with Crippen LogP contribution in [0.1, 0.15) is 54.8 Å². The van der Waals surface area contributed by atoms with Gasteiger partial charge in [0.25, 0.3) is 0 Å². The van der Waals surface area contributed by atoms with Crippen LogP contribution in [0.25, 0.3) is 0 Å². The normalized spacial score (nSPS) is 20.0. The van der Waals surface area contributed by atoms with Crippen molar-refractivity contribution in [3.05, 3.63) is 34.9 Å². The van der Waals surface area contributed by atoms with Gasteiger partial charge in [-0.2, -0.15) is 0 Å². The maximum Gasteiger partial charge on any atom is 0.226 e. The van der Waals surface area contributed by atoms with Crippen molar-refractivity contribution in [2.75, 3.05) is 13.7 Å². The zero-order valence-corrected chi connectivity index (χ0v) is 13.4. The molecule has 120 valence electrons. The molecule has 1 aromatic carbocycles. The van der Waals surface area contributed by atoms with Crippen molar-refractivity contribution in [3.63, 3.8) is 0 Å². The Morgan fingerprint density at radius 3 is 2.73 bits per heavy atom. The molecule has 0 saturated heterocycles. The molecule has 0 spiro atoms. The first kappa shape index (κ1) is 15.5. The molecule has 1 amide bonds. The van der Waals surface area contributed by atoms with E-state index < -0.39 is 0 Å². The molecule has 4 heteroatoms. The molecule has 2 aliphatic rings. The van der Waals surface area contributed by atoms with E-state index in [0.29, 0.717) is 12.5 Å². The molecule has 1 saturated carbocycles. The van der Waals surface area contributed by atoms with Gasteiger partial charge >= 0.3 is 0 Å². The molecule has 0 bridgehead atoms. The third-order valence-corrected chi connectivity index (χ3v) is 4.99. The van der Waals surface area contributed by atoms with Gasteiger partial charge in [-0.05, 0) is 29.5 Å². The first-order valence-electron chi connectivity index (χ1n) is 8.34. The van der Waals surface area contributed by atoms with Gasteiger partial charge in [0, 0.05) is 26.1 Å². The number of methoxy groups -OCH3 is 1. The van der Waals surface area contributed by atoms with Crippen molar-refractivity contribution < 1.29 is 9.53 Å². The fourth-order valence-electron chi connectivity index (χ4n) is 3.68. The van der Waals surface area contributed by atoms with E-state index in [2.05, 4.69) is 18.2 Å². The van der Waals surface area contributed by atoms with Crippen LogP contribution in [-0.4, -0.2) is 24.5 Å². The van der Waals surface area contributed by atoms with Gasteiger partial charge in [0.2, 0.25) is 5.91 Å². The molecule has 22 heavy (non-hydrogen) atoms. The van der Waals surface area contributed by atoms with E-state index in [1.54, 1.807) is 7.11 Å². The topological polar surface area (TPSA) is 55.6 Å². The maximum atomic E-state index is 12.7. The molecule has 1 heterocycles. The second-order valence-electron chi connectivity index (χ2n) is 6.62. The van der Waals surface area contributed by atoms with Gasteiger partial charge in [0.15, 0.2) is 0 Å². The minimum Gasteiger partial charge on any atom is -0.383 e. The Hall–Kier alpha value is -1.39. The number of carbonyl (C=O) groups excluding carboxylic acids is 1. The average Bonchev–Trinajstić information content (AvgIpc) is 2.98. The first-order chi connectivity index (χ1) is 10.7. The number of benzene rings is 1. The standard InChI is InChI=1S/C18H26N2O2/c1-22-12-17(19)14-7-8-15-10-20(11-16(15)9-14)18(21)13-5-3-2-4-6-13/h7-9,13,17H,2-6,10-12,19H2,1H3. The van der Waals surface area contributed by atoms with Crippen LogP contribution in [0, 0.1) is 5.92 Å². The minimum absolute atomic E-state index is 0.0987. The lowest BCUT2D eigenvalue weighted by atomic mass is 9.88. The number of amides is 1. The lowest BCUT2D eigenvalue weighted by molar-refractivity contribution is -0.137. The van der Waals surface area contributed by atoms with E-state index in [1.165, 1.54) is 30.4 Å². The molecule has 1 aliphatic carbocycles. The van der Waals surface area contributed by atoms with Crippen LogP contribution in [-0.2, 0) is 22.6 Å². The highest BCUT2D eigenvalue weighted by Crippen LogP contribution is 2.31. The minimum atomic E-state index is -0.0987. The zero-order valence-electron chi connectivity index (χ0n) is 13.4. The summed E-state index contributed by atoms with van der Waals surface area (Å²) in [6, 6.07) is 6.23. The lowest BCUT2D eigenvalue weighted by Crippen LogP contribution is -2.33. The largest absolute Gasteiger partial charge is 0.383 e. The van der Waals surface area contributed by atoms with Crippen molar-refractivity contribution >= 4 is 5.91 Å². The number of carbonyl (C=O) groups is 1. The van der Waals surface area contributed by atoms with Gasteiger partial charge in [-0.1, -0.05) is 37.5 Å². The van der Waals surface area contributed by atoms with Crippen molar-refractivity contribution in [1.29, 1.82) is 0 Å². The molecular formula is C18H26N2O2. The fraction of sp³-hybridized carbons (Fsp3) is 0.611. The van der Waals surface area contributed by atoms with Crippen LogP contribution >= 0.6 is 0 Å². The molecule has 0 radical (unpaired) electrons. The Morgan fingerprint density at radius 1 is 1.27 bits per heavy atom. The van der Waals surface area contributed by atoms with E-state index in [4.69, 9.17) is 10.5 Å². The van der Waals surface area contributed by atoms with E-state index >= 15 is 0 Å². The first-order valence-corrected chi connectivity index (χ1v) is 8.34. The summed E-state index contributed by atoms with van der Waals surface area (Å²) in [5.74, 6) is 0.594. The summed E-state index contributed by atoms with van der Waals surface area (Å²) in [5.41, 5.74) is 9.70. The number of nitrogens with two attached hydrogens (primary N) is 1. The second kappa shape index (κ2) is 6.80. The van der Waals surface area contributed by atoms with Gasteiger partial charge < -0.3 is 15.4 Å². The summed E-state index contributed by atoms with van der Waals surface area (Å²) in [4.78, 5) is 14.7. The Morgan fingerprint density at radius 2 is 2.00 bits per heavy atom. The highest BCUT2D eigenvalue weighted by molar-refractivity contribution is 5.79. The lowest BCUT2D eigenvalue weighted by Gasteiger charge is -2.25. The van der Waals surface area contributed by atoms with Gasteiger partial charge in [0.05, 0.1) is 12.6 Å². The van der Waals surface area contributed by atoms with Crippen LogP contribution in [0.15, 0.2) is 18.2 Å². The smallest absolute Gasteiger partial charge is 0.226 e. The molecule has 1 aromatic rings. The molecule has 2 N–H and O–H groups in total. The van der Waals surface area contributed by atoms with Gasteiger partial charge in [0.1, 0.15) is 0 Å². The number of ether oxygens (including phenoxy) is 1. The molecule has 1 aliphatic heterocycles. The predicted molar refractivity (Wildman–Crippen MR) is 86.1 cm³/mol. The molecular weight excluding hydrogens is 276 g/mol. The van der Waals surface area contributed by atoms with E-state index in [9.17, 15) is 4.79 Å². The van der Waals surface area contributed by atoms with E-state index in [-0.39, 0.29) is 12.0 Å². The number of hydrogen-bond donors (Lipinski definition) is 1. The van der Waals surface area contributed by atoms with Crippen LogP contribution in [0.2, 0.25) is 0 Å². The second-order valence-corrected chi connectivity index (χ2v) is 6.62. The van der Waals surface area contributed by atoms with Crippen LogP contribution in [0.5, 0.6) is 0 Å². The van der Waals surface area contributed by atoms with Crippen LogP contribution < -0.4 is 5.73 Å². The van der Waals surface area contributed by atoms with Crippen LogP contribution in [0.3, 0.4) is 0 Å². The SMILES string of the molecule is COCC(N)c1ccc2c(c1)CN(C(=O)C1CCCCC1)C2. The van der Waals surface area contributed by atoms with Crippen molar-refractivity contribution in [2.24, 2.45) is 11.7 Å². The Bertz CT molecular complexity index is 538. The predicted octanol–water partition coefficient (Wildman–Crippen LogP) is 2.76. The Labute approximate surface area is 132 Å². The van der Waals surface area contributed by atoms with Gasteiger partial charge in [-0.15, -0.1) is 0 Å². The summed E-state index contributed by atoms with van der Waals surface area (Å²) < 4.78 is 5.13. The quantitative estimate of drug-likeness (QED) is 0.930. The monoisotopic (exact) mass is 302 g/mol. The number of hydrogen-bond acceptors (Lipinski definition) is 3. The number of rotatable bonds is 4. The van der Waals surface area contributed by atoms with Crippen molar-refractivity contribution in [1.82, 2.24) is 4.90 Å².